The minimum absolute atomic E-state index is 0.105. The molecule has 0 aliphatic rings. The normalized spacial score (nSPS) is 10.5. The third-order valence-electron chi connectivity index (χ3n) is 2.60. The van der Waals surface area contributed by atoms with Gasteiger partial charge in [-0.25, -0.2) is 0 Å². The Morgan fingerprint density at radius 2 is 2.29 bits per heavy atom. The molecule has 0 saturated carbocycles. The van der Waals surface area contributed by atoms with E-state index >= 15 is 0 Å². The first-order valence-corrected chi connectivity index (χ1v) is 5.13. The van der Waals surface area contributed by atoms with Gasteiger partial charge in [-0.3, -0.25) is 9.78 Å². The Kier molecular flexibility index (Phi) is 2.93. The standard InChI is InChI=1S/C12H13N3O2/c1-15-6-8(4-11(13)12(15)17)10-2-3-14-5-9(10)7-16/h2-6,16H,7,13H2,1H3. The first-order valence-electron chi connectivity index (χ1n) is 5.13. The zero-order valence-electron chi connectivity index (χ0n) is 9.42. The number of aromatic nitrogens is 2. The van der Waals surface area contributed by atoms with Crippen molar-refractivity contribution in [3.8, 4) is 11.1 Å². The number of nitrogens with two attached hydrogens (primary N) is 1. The molecule has 0 aliphatic heterocycles. The number of aryl methyl sites for hydroxylation is 1. The molecule has 0 bridgehead atoms. The molecule has 2 rings (SSSR count). The lowest BCUT2D eigenvalue weighted by molar-refractivity contribution is 0.282. The van der Waals surface area contributed by atoms with Crippen LogP contribution in [0.15, 0.2) is 35.5 Å². The van der Waals surface area contributed by atoms with Crippen LogP contribution in [0.1, 0.15) is 5.56 Å². The molecule has 0 aliphatic carbocycles. The molecule has 0 aromatic carbocycles. The van der Waals surface area contributed by atoms with Gasteiger partial charge < -0.3 is 15.4 Å². The van der Waals surface area contributed by atoms with Crippen molar-refractivity contribution in [1.82, 2.24) is 9.55 Å². The van der Waals surface area contributed by atoms with E-state index in [9.17, 15) is 9.90 Å². The van der Waals surface area contributed by atoms with Gasteiger partial charge in [0, 0.05) is 36.8 Å². The number of nitrogen functional groups attached to an aromatic ring is 1. The van der Waals surface area contributed by atoms with Crippen molar-refractivity contribution in [3.63, 3.8) is 0 Å². The summed E-state index contributed by atoms with van der Waals surface area (Å²) in [5.74, 6) is 0. The van der Waals surface area contributed by atoms with Gasteiger partial charge in [0.2, 0.25) is 0 Å². The monoisotopic (exact) mass is 231 g/mol. The third-order valence-corrected chi connectivity index (χ3v) is 2.60. The first kappa shape index (κ1) is 11.3. The van der Waals surface area contributed by atoms with Gasteiger partial charge in [-0.05, 0) is 17.7 Å². The smallest absolute Gasteiger partial charge is 0.273 e. The Balaban J connectivity index is 2.65. The molecule has 0 fully saturated rings. The zero-order chi connectivity index (χ0) is 12.4. The molecule has 2 aromatic rings. The predicted octanol–water partition coefficient (Wildman–Crippen LogP) is 0.522. The Hall–Kier alpha value is -2.14. The number of hydrogen-bond donors (Lipinski definition) is 2. The summed E-state index contributed by atoms with van der Waals surface area (Å²) in [6, 6.07) is 3.39. The Morgan fingerprint density at radius 3 is 2.94 bits per heavy atom. The largest absolute Gasteiger partial charge is 0.394 e. The summed E-state index contributed by atoms with van der Waals surface area (Å²) in [4.78, 5) is 15.4. The van der Waals surface area contributed by atoms with Gasteiger partial charge in [0.1, 0.15) is 0 Å². The lowest BCUT2D eigenvalue weighted by atomic mass is 10.0. The highest BCUT2D eigenvalue weighted by Gasteiger charge is 2.07. The van der Waals surface area contributed by atoms with E-state index in [4.69, 9.17) is 5.73 Å². The summed E-state index contributed by atoms with van der Waals surface area (Å²) in [6.07, 6.45) is 4.92. The van der Waals surface area contributed by atoms with Crippen molar-refractivity contribution in [2.24, 2.45) is 7.05 Å². The average Bonchev–Trinajstić information content (AvgIpc) is 2.35. The maximum absolute atomic E-state index is 11.5. The molecule has 3 N–H and O–H groups in total. The Labute approximate surface area is 98.2 Å². The molecule has 0 saturated heterocycles. The van der Waals surface area contributed by atoms with Crippen molar-refractivity contribution in [1.29, 1.82) is 0 Å². The quantitative estimate of drug-likeness (QED) is 0.789. The Morgan fingerprint density at radius 1 is 1.53 bits per heavy atom. The number of anilines is 1. The van der Waals surface area contributed by atoms with Crippen LogP contribution in [0, 0.1) is 0 Å². The van der Waals surface area contributed by atoms with Crippen LogP contribution in [0.5, 0.6) is 0 Å². The van der Waals surface area contributed by atoms with Gasteiger partial charge in [-0.1, -0.05) is 0 Å². The summed E-state index contributed by atoms with van der Waals surface area (Å²) in [5.41, 5.74) is 7.91. The van der Waals surface area contributed by atoms with E-state index in [0.717, 1.165) is 11.1 Å². The van der Waals surface area contributed by atoms with E-state index in [1.165, 1.54) is 4.57 Å². The van der Waals surface area contributed by atoms with Gasteiger partial charge >= 0.3 is 0 Å². The van der Waals surface area contributed by atoms with E-state index < -0.39 is 0 Å². The summed E-state index contributed by atoms with van der Waals surface area (Å²) in [6.45, 7) is -0.105. The minimum atomic E-state index is -0.228. The van der Waals surface area contributed by atoms with Crippen molar-refractivity contribution >= 4 is 5.69 Å². The molecule has 0 amide bonds. The topological polar surface area (TPSA) is 81.1 Å². The van der Waals surface area contributed by atoms with Crippen LogP contribution >= 0.6 is 0 Å². The second-order valence-corrected chi connectivity index (χ2v) is 3.79. The summed E-state index contributed by atoms with van der Waals surface area (Å²) >= 11 is 0. The fourth-order valence-electron chi connectivity index (χ4n) is 1.72. The van der Waals surface area contributed by atoms with E-state index in [1.54, 1.807) is 37.8 Å². The highest BCUT2D eigenvalue weighted by Crippen LogP contribution is 2.23. The first-order chi connectivity index (χ1) is 8.13. The van der Waals surface area contributed by atoms with Gasteiger partial charge in [0.15, 0.2) is 0 Å². The molecule has 0 radical (unpaired) electrons. The van der Waals surface area contributed by atoms with Crippen molar-refractivity contribution < 1.29 is 5.11 Å². The number of pyridine rings is 2. The second kappa shape index (κ2) is 4.39. The second-order valence-electron chi connectivity index (χ2n) is 3.79. The minimum Gasteiger partial charge on any atom is -0.394 e. The summed E-state index contributed by atoms with van der Waals surface area (Å²) in [7, 11) is 1.64. The average molecular weight is 231 g/mol. The van der Waals surface area contributed by atoms with Gasteiger partial charge in [0.25, 0.3) is 5.56 Å². The Bertz CT molecular complexity index is 579. The summed E-state index contributed by atoms with van der Waals surface area (Å²) in [5, 5.41) is 9.23. The van der Waals surface area contributed by atoms with E-state index in [0.29, 0.717) is 5.56 Å². The molecule has 0 atom stereocenters. The van der Waals surface area contributed by atoms with Crippen LogP contribution in [0.25, 0.3) is 11.1 Å². The number of aliphatic hydroxyl groups is 1. The van der Waals surface area contributed by atoms with Crippen LogP contribution in [0.3, 0.4) is 0 Å². The zero-order valence-corrected chi connectivity index (χ0v) is 9.42. The van der Waals surface area contributed by atoms with E-state index in [1.807, 2.05) is 0 Å². The molecular formula is C12H13N3O2. The fraction of sp³-hybridized carbons (Fsp3) is 0.167. The molecule has 5 nitrogen and oxygen atoms in total. The van der Waals surface area contributed by atoms with E-state index in [2.05, 4.69) is 4.98 Å². The van der Waals surface area contributed by atoms with Gasteiger partial charge in [0.05, 0.1) is 12.3 Å². The summed E-state index contributed by atoms with van der Waals surface area (Å²) < 4.78 is 1.42. The van der Waals surface area contributed by atoms with Crippen molar-refractivity contribution in [2.75, 3.05) is 5.73 Å². The molecule has 17 heavy (non-hydrogen) atoms. The van der Waals surface area contributed by atoms with Crippen LogP contribution in [0.4, 0.5) is 5.69 Å². The number of rotatable bonds is 2. The molecular weight excluding hydrogens is 218 g/mol. The van der Waals surface area contributed by atoms with E-state index in [-0.39, 0.29) is 17.9 Å². The van der Waals surface area contributed by atoms with Crippen LogP contribution < -0.4 is 11.3 Å². The van der Waals surface area contributed by atoms with Gasteiger partial charge in [-0.2, -0.15) is 0 Å². The maximum atomic E-state index is 11.5. The van der Waals surface area contributed by atoms with Crippen molar-refractivity contribution in [3.05, 3.63) is 46.6 Å². The number of nitrogens with zero attached hydrogens (tertiary/aromatic N) is 2. The maximum Gasteiger partial charge on any atom is 0.273 e. The highest BCUT2D eigenvalue weighted by atomic mass is 16.3. The molecule has 2 heterocycles. The lowest BCUT2D eigenvalue weighted by Gasteiger charge is -2.09. The third kappa shape index (κ3) is 2.05. The predicted molar refractivity (Wildman–Crippen MR) is 65.2 cm³/mol. The number of aliphatic hydroxyl groups excluding tert-OH is 1. The molecule has 2 aromatic heterocycles. The highest BCUT2D eigenvalue weighted by molar-refractivity contribution is 5.68. The van der Waals surface area contributed by atoms with Gasteiger partial charge in [-0.15, -0.1) is 0 Å². The van der Waals surface area contributed by atoms with Crippen LogP contribution in [-0.4, -0.2) is 14.7 Å². The molecule has 0 spiro atoms. The lowest BCUT2D eigenvalue weighted by Crippen LogP contribution is -2.19. The van der Waals surface area contributed by atoms with Crippen LogP contribution in [-0.2, 0) is 13.7 Å². The van der Waals surface area contributed by atoms with Crippen LogP contribution in [0.2, 0.25) is 0 Å². The fourth-order valence-corrected chi connectivity index (χ4v) is 1.72. The molecule has 0 unspecified atom stereocenters. The molecule has 88 valence electrons. The van der Waals surface area contributed by atoms with Crippen molar-refractivity contribution in [2.45, 2.75) is 6.61 Å². The molecule has 5 heteroatoms. The SMILES string of the molecule is Cn1cc(-c2ccncc2CO)cc(N)c1=O. The number of hydrogen-bond acceptors (Lipinski definition) is 4.